The fourth-order valence-corrected chi connectivity index (χ4v) is 6.33. The second-order valence-corrected chi connectivity index (χ2v) is 13.7. The first-order valence-electron chi connectivity index (χ1n) is 15.2. The van der Waals surface area contributed by atoms with Crippen molar-refractivity contribution in [2.45, 2.75) is 76.7 Å². The van der Waals surface area contributed by atoms with E-state index in [0.29, 0.717) is 38.4 Å². The zero-order chi connectivity index (χ0) is 32.5. The Morgan fingerprint density at radius 2 is 1.87 bits per heavy atom. The monoisotopic (exact) mass is 653 g/mol. The smallest absolute Gasteiger partial charge is 0.381 e. The molecule has 1 aliphatic heterocycles. The maximum absolute atomic E-state index is 12.3. The largest absolute Gasteiger partial charge is 0.402 e. The third-order valence-electron chi connectivity index (χ3n) is 8.12. The first-order chi connectivity index (χ1) is 21.4. The average Bonchev–Trinajstić information content (AvgIpc) is 3.01. The number of pyridine rings is 2. The van der Waals surface area contributed by atoms with E-state index in [4.69, 9.17) is 14.5 Å². The molecule has 2 aliphatic rings. The second-order valence-electron chi connectivity index (χ2n) is 12.0. The van der Waals surface area contributed by atoms with Crippen LogP contribution in [0, 0.1) is 23.7 Å². The Kier molecular flexibility index (Phi) is 12.0. The van der Waals surface area contributed by atoms with Crippen LogP contribution in [0.2, 0.25) is 0 Å². The van der Waals surface area contributed by atoms with Gasteiger partial charge in [-0.1, -0.05) is 6.07 Å². The maximum atomic E-state index is 12.3. The van der Waals surface area contributed by atoms with E-state index in [-0.39, 0.29) is 24.7 Å². The van der Waals surface area contributed by atoms with Gasteiger partial charge in [0.1, 0.15) is 18.2 Å². The molecule has 0 amide bonds. The minimum absolute atomic E-state index is 0.0556. The number of nitrogens with zero attached hydrogens (tertiary/aromatic N) is 3. The number of nitrogens with one attached hydrogen (secondary N) is 4. The molecule has 248 valence electrons. The third kappa shape index (κ3) is 11.1. The first kappa shape index (κ1) is 34.8. The predicted octanol–water partition coefficient (Wildman–Crippen LogP) is 4.34. The molecular formula is C30H42F3N7O4S. The topological polar surface area (TPSA) is 150 Å². The molecule has 2 fully saturated rings. The molecule has 0 bridgehead atoms. The molecule has 0 radical (unpaired) electrons. The molecule has 15 heteroatoms. The SMILES string of the molecule is Cc1cnc(N[C@H]2CC[C@H](N[C@@H](C)COCS(=O)(=O)NCC(F)(F)F)CC2)cc1-c1cccc(NCC2(C#N)CCOCC2)n1. The van der Waals surface area contributed by atoms with Crippen LogP contribution in [-0.4, -0.2) is 81.5 Å². The number of aromatic nitrogens is 2. The zero-order valence-corrected chi connectivity index (χ0v) is 26.4. The number of hydrogen-bond donors (Lipinski definition) is 4. The normalized spacial score (nSPS) is 21.1. The molecule has 11 nitrogen and oxygen atoms in total. The van der Waals surface area contributed by atoms with E-state index in [1.54, 1.807) is 0 Å². The van der Waals surface area contributed by atoms with Crippen LogP contribution >= 0.6 is 0 Å². The molecule has 2 aromatic heterocycles. The molecule has 4 rings (SSSR count). The summed E-state index contributed by atoms with van der Waals surface area (Å²) in [6.07, 6.45) is 2.17. The van der Waals surface area contributed by atoms with Gasteiger partial charge in [-0.05, 0) is 76.1 Å². The molecule has 1 atom stereocenters. The number of aryl methyl sites for hydroxylation is 1. The molecule has 1 aliphatic carbocycles. The van der Waals surface area contributed by atoms with Crippen LogP contribution in [0.15, 0.2) is 30.5 Å². The Balaban J connectivity index is 1.24. The van der Waals surface area contributed by atoms with Crippen LogP contribution in [0.3, 0.4) is 0 Å². The maximum Gasteiger partial charge on any atom is 0.402 e. The van der Waals surface area contributed by atoms with Gasteiger partial charge >= 0.3 is 6.18 Å². The van der Waals surface area contributed by atoms with Gasteiger partial charge in [-0.2, -0.15) is 18.4 Å². The molecule has 3 heterocycles. The van der Waals surface area contributed by atoms with Crippen molar-refractivity contribution in [1.29, 1.82) is 5.26 Å². The Morgan fingerprint density at radius 3 is 2.56 bits per heavy atom. The first-order valence-corrected chi connectivity index (χ1v) is 16.8. The molecule has 1 saturated heterocycles. The summed E-state index contributed by atoms with van der Waals surface area (Å²) in [6.45, 7) is 3.98. The van der Waals surface area contributed by atoms with E-state index in [9.17, 15) is 26.9 Å². The highest BCUT2D eigenvalue weighted by Crippen LogP contribution is 2.31. The number of ether oxygens (including phenoxy) is 2. The molecule has 45 heavy (non-hydrogen) atoms. The van der Waals surface area contributed by atoms with E-state index < -0.39 is 34.1 Å². The third-order valence-corrected chi connectivity index (χ3v) is 9.18. The fourth-order valence-electron chi connectivity index (χ4n) is 5.54. The van der Waals surface area contributed by atoms with Gasteiger partial charge in [0, 0.05) is 49.6 Å². The van der Waals surface area contributed by atoms with Crippen LogP contribution in [-0.2, 0) is 19.5 Å². The molecule has 2 aromatic rings. The number of hydrogen-bond acceptors (Lipinski definition) is 10. The minimum Gasteiger partial charge on any atom is -0.381 e. The summed E-state index contributed by atoms with van der Waals surface area (Å²) in [5.74, 6) is 0.648. The number of alkyl halides is 3. The van der Waals surface area contributed by atoms with Crippen molar-refractivity contribution >= 4 is 21.7 Å². The molecule has 0 unspecified atom stereocenters. The van der Waals surface area contributed by atoms with Gasteiger partial charge in [0.15, 0.2) is 5.94 Å². The lowest BCUT2D eigenvalue weighted by Crippen LogP contribution is -2.43. The van der Waals surface area contributed by atoms with Gasteiger partial charge in [0.25, 0.3) is 0 Å². The van der Waals surface area contributed by atoms with Crippen molar-refractivity contribution < 1.29 is 31.1 Å². The van der Waals surface area contributed by atoms with Crippen molar-refractivity contribution in [2.75, 3.05) is 49.5 Å². The highest BCUT2D eigenvalue weighted by atomic mass is 32.2. The molecule has 4 N–H and O–H groups in total. The van der Waals surface area contributed by atoms with Crippen molar-refractivity contribution in [3.8, 4) is 17.3 Å². The van der Waals surface area contributed by atoms with E-state index in [1.165, 1.54) is 4.72 Å². The number of anilines is 2. The summed E-state index contributed by atoms with van der Waals surface area (Å²) in [7, 11) is -4.17. The fraction of sp³-hybridized carbons (Fsp3) is 0.633. The standard InChI is InChI=1S/C30H42F3N7O4S/c1-21-15-35-28(14-25(21)26-4-3-5-27(40-26)36-18-29(17-34)10-12-43-13-11-29)39-24-8-6-23(7-9-24)38-22(2)16-44-20-45(41,42)37-19-30(31,32)33/h3-5,14-15,22-24,37-38H,6-13,16,18-20H2,1-2H3,(H,35,39)(H,36,40)/t22-,23-,24-/m0/s1. The second kappa shape index (κ2) is 15.5. The van der Waals surface area contributed by atoms with E-state index >= 15 is 0 Å². The molecule has 0 spiro atoms. The zero-order valence-electron chi connectivity index (χ0n) is 25.6. The van der Waals surface area contributed by atoms with Crippen molar-refractivity contribution in [1.82, 2.24) is 20.0 Å². The summed E-state index contributed by atoms with van der Waals surface area (Å²) in [5.41, 5.74) is 2.32. The Hall–Kier alpha value is -3.03. The predicted molar refractivity (Wildman–Crippen MR) is 165 cm³/mol. The number of nitriles is 1. The lowest BCUT2D eigenvalue weighted by molar-refractivity contribution is -0.121. The quantitative estimate of drug-likeness (QED) is 0.232. The summed E-state index contributed by atoms with van der Waals surface area (Å²) in [5, 5.41) is 20.1. The lowest BCUT2D eigenvalue weighted by atomic mass is 9.82. The number of rotatable bonds is 14. The van der Waals surface area contributed by atoms with Gasteiger partial charge in [0.05, 0.1) is 23.8 Å². The highest BCUT2D eigenvalue weighted by molar-refractivity contribution is 7.89. The Labute approximate surface area is 262 Å². The summed E-state index contributed by atoms with van der Waals surface area (Å²) in [4.78, 5) is 9.42. The van der Waals surface area contributed by atoms with Crippen LogP contribution < -0.4 is 20.7 Å². The van der Waals surface area contributed by atoms with Gasteiger partial charge in [-0.3, -0.25) is 0 Å². The lowest BCUT2D eigenvalue weighted by Gasteiger charge is -2.32. The van der Waals surface area contributed by atoms with Crippen molar-refractivity contribution in [3.63, 3.8) is 0 Å². The van der Waals surface area contributed by atoms with Gasteiger partial charge < -0.3 is 25.4 Å². The van der Waals surface area contributed by atoms with E-state index in [1.807, 2.05) is 44.3 Å². The Morgan fingerprint density at radius 1 is 1.16 bits per heavy atom. The summed E-state index contributed by atoms with van der Waals surface area (Å²) in [6, 6.07) is 10.6. The van der Waals surface area contributed by atoms with Crippen LogP contribution in [0.1, 0.15) is 51.0 Å². The van der Waals surface area contributed by atoms with Crippen molar-refractivity contribution in [2.24, 2.45) is 5.41 Å². The minimum atomic E-state index is -4.62. The van der Waals surface area contributed by atoms with Gasteiger partial charge in [-0.15, -0.1) is 0 Å². The van der Waals surface area contributed by atoms with Crippen molar-refractivity contribution in [3.05, 3.63) is 36.0 Å². The van der Waals surface area contributed by atoms with Gasteiger partial charge in [0.2, 0.25) is 10.0 Å². The van der Waals surface area contributed by atoms with E-state index in [0.717, 1.165) is 48.3 Å². The molecule has 1 saturated carbocycles. The Bertz CT molecular complexity index is 1410. The number of sulfonamides is 1. The number of halogens is 3. The van der Waals surface area contributed by atoms with Crippen LogP contribution in [0.4, 0.5) is 24.8 Å². The highest BCUT2D eigenvalue weighted by Gasteiger charge is 2.33. The summed E-state index contributed by atoms with van der Waals surface area (Å²) >= 11 is 0. The van der Waals surface area contributed by atoms with Crippen LogP contribution in [0.25, 0.3) is 11.3 Å². The average molecular weight is 654 g/mol. The van der Waals surface area contributed by atoms with Gasteiger partial charge in [-0.25, -0.2) is 23.1 Å². The van der Waals surface area contributed by atoms with E-state index in [2.05, 4.69) is 27.0 Å². The molecule has 0 aromatic carbocycles. The summed E-state index contributed by atoms with van der Waals surface area (Å²) < 4.78 is 72.2. The van der Waals surface area contributed by atoms with Crippen LogP contribution in [0.5, 0.6) is 0 Å². The molecular weight excluding hydrogens is 611 g/mol.